The van der Waals surface area contributed by atoms with Crippen LogP contribution in [0.2, 0.25) is 0 Å². The van der Waals surface area contributed by atoms with E-state index in [9.17, 15) is 13.5 Å². The highest BCUT2D eigenvalue weighted by Gasteiger charge is 2.20. The molecule has 0 saturated carbocycles. The van der Waals surface area contributed by atoms with E-state index in [0.29, 0.717) is 16.3 Å². The molecule has 0 spiro atoms. The number of hydrogen-bond acceptors (Lipinski definition) is 5. The van der Waals surface area contributed by atoms with Crippen LogP contribution in [-0.4, -0.2) is 18.5 Å². The fraction of sp³-hybridized carbons (Fsp3) is 0.357. The average molecular weight is 326 g/mol. The molecule has 2 aromatic rings. The third-order valence-corrected chi connectivity index (χ3v) is 5.58. The van der Waals surface area contributed by atoms with Crippen LogP contribution in [0.15, 0.2) is 28.5 Å². The van der Waals surface area contributed by atoms with E-state index >= 15 is 0 Å². The normalized spacial score (nSPS) is 11.9. The molecule has 0 aliphatic rings. The van der Waals surface area contributed by atoms with Crippen molar-refractivity contribution < 1.29 is 13.5 Å². The van der Waals surface area contributed by atoms with Crippen LogP contribution in [0.5, 0.6) is 0 Å². The van der Waals surface area contributed by atoms with Crippen LogP contribution in [0, 0.1) is 6.92 Å². The first-order chi connectivity index (χ1) is 9.85. The predicted molar refractivity (Wildman–Crippen MR) is 84.1 cm³/mol. The highest BCUT2D eigenvalue weighted by atomic mass is 32.2. The largest absolute Gasteiger partial charge is 0.392 e. The van der Waals surface area contributed by atoms with Crippen LogP contribution in [-0.2, 0) is 16.6 Å². The summed E-state index contributed by atoms with van der Waals surface area (Å²) in [7, 11) is -3.70. The zero-order chi connectivity index (χ0) is 15.6. The van der Waals surface area contributed by atoms with Crippen LogP contribution < -0.4 is 4.72 Å². The van der Waals surface area contributed by atoms with Gasteiger partial charge in [0.05, 0.1) is 17.2 Å². The molecule has 1 aromatic heterocycles. The maximum absolute atomic E-state index is 12.4. The second kappa shape index (κ2) is 6.13. The number of aliphatic hydroxyl groups excluding tert-OH is 1. The molecule has 7 heteroatoms. The second-order valence-electron chi connectivity index (χ2n) is 5.04. The number of aliphatic hydroxyl groups is 1. The Bertz CT molecular complexity index is 736. The van der Waals surface area contributed by atoms with Crippen LogP contribution >= 0.6 is 11.3 Å². The molecule has 0 bridgehead atoms. The number of thiazole rings is 1. The Kier molecular flexibility index (Phi) is 4.65. The molecule has 0 fully saturated rings. The summed E-state index contributed by atoms with van der Waals surface area (Å²) in [6.07, 6.45) is 0. The predicted octanol–water partition coefficient (Wildman–Crippen LogP) is 2.87. The molecular weight excluding hydrogens is 308 g/mol. The van der Waals surface area contributed by atoms with Gasteiger partial charge in [-0.25, -0.2) is 13.4 Å². The lowest BCUT2D eigenvalue weighted by atomic mass is 10.1. The van der Waals surface area contributed by atoms with Gasteiger partial charge in [-0.2, -0.15) is 0 Å². The number of rotatable bonds is 5. The maximum atomic E-state index is 12.4. The Hall–Kier alpha value is -1.44. The summed E-state index contributed by atoms with van der Waals surface area (Å²) in [5, 5.41) is 11.4. The number of nitrogens with one attached hydrogen (secondary N) is 1. The number of anilines is 1. The molecule has 2 rings (SSSR count). The lowest BCUT2D eigenvalue weighted by Gasteiger charge is -2.11. The third-order valence-electron chi connectivity index (χ3n) is 3.19. The van der Waals surface area contributed by atoms with Gasteiger partial charge in [0.1, 0.15) is 0 Å². The van der Waals surface area contributed by atoms with Gasteiger partial charge in [0.2, 0.25) is 0 Å². The molecule has 5 nitrogen and oxygen atoms in total. The molecule has 0 amide bonds. The Morgan fingerprint density at radius 3 is 2.67 bits per heavy atom. The molecule has 1 aromatic carbocycles. The van der Waals surface area contributed by atoms with E-state index in [1.54, 1.807) is 19.1 Å². The fourth-order valence-corrected chi connectivity index (χ4v) is 4.30. The molecule has 0 unspecified atom stereocenters. The van der Waals surface area contributed by atoms with Gasteiger partial charge in [-0.1, -0.05) is 26.0 Å². The summed E-state index contributed by atoms with van der Waals surface area (Å²) in [6.45, 7) is 5.50. The summed E-state index contributed by atoms with van der Waals surface area (Å²) in [5.41, 5.74) is 2.01. The Labute approximate surface area is 128 Å². The molecule has 0 radical (unpaired) electrons. The summed E-state index contributed by atoms with van der Waals surface area (Å²) < 4.78 is 27.4. The molecule has 0 saturated heterocycles. The van der Waals surface area contributed by atoms with Gasteiger partial charge in [0, 0.05) is 5.38 Å². The van der Waals surface area contributed by atoms with Crippen LogP contribution in [0.1, 0.15) is 36.6 Å². The Morgan fingerprint density at radius 1 is 1.38 bits per heavy atom. The van der Waals surface area contributed by atoms with E-state index in [0.717, 1.165) is 5.69 Å². The van der Waals surface area contributed by atoms with Crippen molar-refractivity contribution in [2.45, 2.75) is 38.2 Å². The average Bonchev–Trinajstić information content (AvgIpc) is 2.86. The first-order valence-electron chi connectivity index (χ1n) is 6.52. The van der Waals surface area contributed by atoms with Crippen LogP contribution in [0.3, 0.4) is 0 Å². The highest BCUT2D eigenvalue weighted by molar-refractivity contribution is 7.93. The third kappa shape index (κ3) is 3.42. The topological polar surface area (TPSA) is 79.3 Å². The number of aromatic nitrogens is 1. The Balaban J connectivity index is 2.34. The maximum Gasteiger partial charge on any atom is 0.263 e. The molecular formula is C14H18N2O3S2. The van der Waals surface area contributed by atoms with Crippen molar-refractivity contribution in [1.29, 1.82) is 0 Å². The molecule has 0 atom stereocenters. The van der Waals surface area contributed by atoms with Gasteiger partial charge in [-0.05, 0) is 30.0 Å². The van der Waals surface area contributed by atoms with E-state index in [-0.39, 0.29) is 17.4 Å². The zero-order valence-corrected chi connectivity index (χ0v) is 13.8. The number of hydrogen-bond donors (Lipinski definition) is 2. The zero-order valence-electron chi connectivity index (χ0n) is 12.1. The number of nitrogens with zero attached hydrogens (tertiary/aromatic N) is 1. The minimum absolute atomic E-state index is 0.162. The lowest BCUT2D eigenvalue weighted by molar-refractivity contribution is 0.280. The fourth-order valence-electron chi connectivity index (χ4n) is 1.89. The van der Waals surface area contributed by atoms with Crippen LogP contribution in [0.25, 0.3) is 0 Å². The smallest absolute Gasteiger partial charge is 0.263 e. The van der Waals surface area contributed by atoms with Crippen molar-refractivity contribution in [3.8, 4) is 0 Å². The number of benzene rings is 1. The van der Waals surface area contributed by atoms with E-state index < -0.39 is 10.0 Å². The van der Waals surface area contributed by atoms with Crippen molar-refractivity contribution in [1.82, 2.24) is 4.98 Å². The van der Waals surface area contributed by atoms with Crippen molar-refractivity contribution >= 4 is 26.5 Å². The quantitative estimate of drug-likeness (QED) is 0.885. The van der Waals surface area contributed by atoms with Gasteiger partial charge < -0.3 is 5.11 Å². The standard InChI is InChI=1S/C14H18N2O3S2/c1-9(2)12-8-20-14(15-12)16-21(18,19)13-6-4-5-11(7-17)10(13)3/h4-6,8-9,17H,7H2,1-3H3,(H,15,16). The molecule has 2 N–H and O–H groups in total. The van der Waals surface area contributed by atoms with Gasteiger partial charge in [0.25, 0.3) is 10.0 Å². The summed E-state index contributed by atoms with van der Waals surface area (Å²) >= 11 is 1.26. The van der Waals surface area contributed by atoms with Crippen molar-refractivity contribution in [2.75, 3.05) is 4.72 Å². The van der Waals surface area contributed by atoms with E-state index in [1.807, 2.05) is 19.2 Å². The van der Waals surface area contributed by atoms with Gasteiger partial charge in [0.15, 0.2) is 5.13 Å². The highest BCUT2D eigenvalue weighted by Crippen LogP contribution is 2.26. The summed E-state index contributed by atoms with van der Waals surface area (Å²) in [5.74, 6) is 0.249. The van der Waals surface area contributed by atoms with Crippen molar-refractivity contribution in [3.63, 3.8) is 0 Å². The second-order valence-corrected chi connectivity index (χ2v) is 7.55. The van der Waals surface area contributed by atoms with Gasteiger partial charge >= 0.3 is 0 Å². The lowest BCUT2D eigenvalue weighted by Crippen LogP contribution is -2.15. The van der Waals surface area contributed by atoms with Crippen LogP contribution in [0.4, 0.5) is 5.13 Å². The van der Waals surface area contributed by atoms with Crippen molar-refractivity contribution in [2.24, 2.45) is 0 Å². The molecule has 0 aliphatic heterocycles. The van der Waals surface area contributed by atoms with E-state index in [2.05, 4.69) is 9.71 Å². The minimum Gasteiger partial charge on any atom is -0.392 e. The molecule has 1 heterocycles. The minimum atomic E-state index is -3.70. The molecule has 0 aliphatic carbocycles. The summed E-state index contributed by atoms with van der Waals surface area (Å²) in [6, 6.07) is 4.84. The first-order valence-corrected chi connectivity index (χ1v) is 8.89. The van der Waals surface area contributed by atoms with Crippen molar-refractivity contribution in [3.05, 3.63) is 40.4 Å². The first kappa shape index (κ1) is 15.9. The van der Waals surface area contributed by atoms with E-state index in [1.165, 1.54) is 17.4 Å². The van der Waals surface area contributed by atoms with Gasteiger partial charge in [-0.3, -0.25) is 4.72 Å². The Morgan fingerprint density at radius 2 is 2.10 bits per heavy atom. The SMILES string of the molecule is Cc1c(CO)cccc1S(=O)(=O)Nc1nc(C(C)C)cs1. The monoisotopic (exact) mass is 326 g/mol. The number of sulfonamides is 1. The molecule has 21 heavy (non-hydrogen) atoms. The van der Waals surface area contributed by atoms with Gasteiger partial charge in [-0.15, -0.1) is 11.3 Å². The van der Waals surface area contributed by atoms with E-state index in [4.69, 9.17) is 0 Å². The summed E-state index contributed by atoms with van der Waals surface area (Å²) in [4.78, 5) is 4.43. The molecule has 114 valence electrons.